The average Bonchev–Trinajstić information content (AvgIpc) is 3.19. The predicted molar refractivity (Wildman–Crippen MR) is 213 cm³/mol. The van der Waals surface area contributed by atoms with Gasteiger partial charge >= 0.3 is 0 Å². The van der Waals surface area contributed by atoms with Crippen molar-refractivity contribution in [2.75, 3.05) is 10.6 Å². The Bertz CT molecular complexity index is 2290. The van der Waals surface area contributed by atoms with E-state index in [0.29, 0.717) is 0 Å². The number of hydrogen-bond acceptors (Lipinski definition) is 2. The summed E-state index contributed by atoms with van der Waals surface area (Å²) in [6.45, 7) is 0. The van der Waals surface area contributed by atoms with Gasteiger partial charge in [-0.15, -0.1) is 0 Å². The van der Waals surface area contributed by atoms with E-state index in [1.54, 1.807) is 0 Å². The SMILES string of the molecule is c1ccc(Nc2cc(-c3cccc(-c4ccccc4Nc4cc(-c5ccccc5)cc(-c5ccccc5)c4)c3)ccc2-c2ccccc2)cc1. The Hall–Kier alpha value is -6.64. The summed E-state index contributed by atoms with van der Waals surface area (Å²) in [5.74, 6) is 0. The topological polar surface area (TPSA) is 24.1 Å². The lowest BCUT2D eigenvalue weighted by atomic mass is 9.95. The Balaban J connectivity index is 1.16. The molecule has 8 aromatic carbocycles. The lowest BCUT2D eigenvalue weighted by molar-refractivity contribution is 1.51. The Kier molecular flexibility index (Phi) is 8.73. The highest BCUT2D eigenvalue weighted by Gasteiger charge is 2.12. The fourth-order valence-electron chi connectivity index (χ4n) is 6.53. The molecule has 8 aromatic rings. The van der Waals surface area contributed by atoms with Gasteiger partial charge in [-0.25, -0.2) is 0 Å². The van der Waals surface area contributed by atoms with Gasteiger partial charge in [0, 0.05) is 33.9 Å². The Morgan fingerprint density at radius 3 is 1.34 bits per heavy atom. The Labute approximate surface area is 294 Å². The second kappa shape index (κ2) is 14.2. The molecule has 0 fully saturated rings. The van der Waals surface area contributed by atoms with Gasteiger partial charge in [-0.3, -0.25) is 0 Å². The van der Waals surface area contributed by atoms with Crippen LogP contribution in [0.4, 0.5) is 22.7 Å². The van der Waals surface area contributed by atoms with Gasteiger partial charge in [-0.05, 0) is 93.0 Å². The zero-order valence-electron chi connectivity index (χ0n) is 27.6. The summed E-state index contributed by atoms with van der Waals surface area (Å²) in [7, 11) is 0. The molecule has 0 spiro atoms. The van der Waals surface area contributed by atoms with Crippen molar-refractivity contribution < 1.29 is 0 Å². The summed E-state index contributed by atoms with van der Waals surface area (Å²) >= 11 is 0. The van der Waals surface area contributed by atoms with Crippen molar-refractivity contribution in [3.05, 3.63) is 206 Å². The highest BCUT2D eigenvalue weighted by molar-refractivity contribution is 5.88. The third-order valence-corrected chi connectivity index (χ3v) is 9.02. The molecule has 0 saturated carbocycles. The highest BCUT2D eigenvalue weighted by atomic mass is 14.9. The molecule has 0 saturated heterocycles. The first-order chi connectivity index (χ1) is 24.8. The maximum atomic E-state index is 3.80. The predicted octanol–water partition coefficient (Wildman–Crippen LogP) is 13.5. The molecule has 8 rings (SSSR count). The number of nitrogens with one attached hydrogen (secondary N) is 2. The molecule has 238 valence electrons. The molecular formula is C48H36N2. The molecule has 2 N–H and O–H groups in total. The number of hydrogen-bond donors (Lipinski definition) is 2. The lowest BCUT2D eigenvalue weighted by Crippen LogP contribution is -1.96. The molecule has 0 aliphatic heterocycles. The normalized spacial score (nSPS) is 10.8. The highest BCUT2D eigenvalue weighted by Crippen LogP contribution is 2.38. The molecule has 0 aromatic heterocycles. The van der Waals surface area contributed by atoms with Crippen LogP contribution in [0.3, 0.4) is 0 Å². The van der Waals surface area contributed by atoms with E-state index in [1.165, 1.54) is 27.8 Å². The first kappa shape index (κ1) is 30.7. The molecule has 0 radical (unpaired) electrons. The van der Waals surface area contributed by atoms with Crippen molar-refractivity contribution >= 4 is 22.7 Å². The van der Waals surface area contributed by atoms with E-state index >= 15 is 0 Å². The van der Waals surface area contributed by atoms with Crippen molar-refractivity contribution in [2.45, 2.75) is 0 Å². The van der Waals surface area contributed by atoms with Gasteiger partial charge in [-0.1, -0.05) is 158 Å². The van der Waals surface area contributed by atoms with E-state index in [4.69, 9.17) is 0 Å². The molecule has 2 nitrogen and oxygen atoms in total. The third kappa shape index (κ3) is 6.82. The van der Waals surface area contributed by atoms with Crippen LogP contribution in [0.1, 0.15) is 0 Å². The number of benzene rings is 8. The first-order valence-electron chi connectivity index (χ1n) is 17.0. The number of anilines is 4. The van der Waals surface area contributed by atoms with E-state index < -0.39 is 0 Å². The molecule has 0 unspecified atom stereocenters. The maximum Gasteiger partial charge on any atom is 0.0470 e. The van der Waals surface area contributed by atoms with E-state index in [2.05, 4.69) is 211 Å². The van der Waals surface area contributed by atoms with Crippen LogP contribution in [-0.2, 0) is 0 Å². The smallest absolute Gasteiger partial charge is 0.0470 e. The van der Waals surface area contributed by atoms with Gasteiger partial charge in [0.05, 0.1) is 0 Å². The average molecular weight is 641 g/mol. The number of rotatable bonds is 9. The Morgan fingerprint density at radius 1 is 0.220 bits per heavy atom. The van der Waals surface area contributed by atoms with Crippen LogP contribution in [0.15, 0.2) is 206 Å². The van der Waals surface area contributed by atoms with Crippen LogP contribution < -0.4 is 10.6 Å². The molecule has 0 atom stereocenters. The summed E-state index contributed by atoms with van der Waals surface area (Å²) in [4.78, 5) is 0. The maximum absolute atomic E-state index is 3.80. The van der Waals surface area contributed by atoms with Gasteiger partial charge in [0.2, 0.25) is 0 Å². The monoisotopic (exact) mass is 640 g/mol. The summed E-state index contributed by atoms with van der Waals surface area (Å²) < 4.78 is 0. The molecule has 0 heterocycles. The second-order valence-corrected chi connectivity index (χ2v) is 12.4. The van der Waals surface area contributed by atoms with E-state index in [0.717, 1.165) is 50.6 Å². The minimum atomic E-state index is 1.04. The molecule has 0 bridgehead atoms. The van der Waals surface area contributed by atoms with Crippen LogP contribution in [0.2, 0.25) is 0 Å². The molecular weight excluding hydrogens is 605 g/mol. The summed E-state index contributed by atoms with van der Waals surface area (Å²) in [6.07, 6.45) is 0. The zero-order chi connectivity index (χ0) is 33.5. The third-order valence-electron chi connectivity index (χ3n) is 9.02. The molecule has 0 aliphatic carbocycles. The lowest BCUT2D eigenvalue weighted by Gasteiger charge is -2.17. The van der Waals surface area contributed by atoms with Gasteiger partial charge in [-0.2, -0.15) is 0 Å². The second-order valence-electron chi connectivity index (χ2n) is 12.4. The zero-order valence-corrected chi connectivity index (χ0v) is 27.6. The van der Waals surface area contributed by atoms with Gasteiger partial charge in [0.15, 0.2) is 0 Å². The van der Waals surface area contributed by atoms with E-state index in [-0.39, 0.29) is 0 Å². The molecule has 0 aliphatic rings. The first-order valence-corrected chi connectivity index (χ1v) is 17.0. The van der Waals surface area contributed by atoms with Gasteiger partial charge in [0.1, 0.15) is 0 Å². The fraction of sp³-hybridized carbons (Fsp3) is 0. The molecule has 50 heavy (non-hydrogen) atoms. The fourth-order valence-corrected chi connectivity index (χ4v) is 6.53. The summed E-state index contributed by atoms with van der Waals surface area (Å²) in [6, 6.07) is 72.9. The van der Waals surface area contributed by atoms with Crippen molar-refractivity contribution in [1.82, 2.24) is 0 Å². The van der Waals surface area contributed by atoms with Crippen LogP contribution >= 0.6 is 0 Å². The largest absolute Gasteiger partial charge is 0.355 e. The van der Waals surface area contributed by atoms with Crippen LogP contribution in [0, 0.1) is 0 Å². The van der Waals surface area contributed by atoms with Gasteiger partial charge < -0.3 is 10.6 Å². The van der Waals surface area contributed by atoms with Crippen molar-refractivity contribution in [2.24, 2.45) is 0 Å². The summed E-state index contributed by atoms with van der Waals surface area (Å²) in [5, 5.41) is 7.49. The minimum Gasteiger partial charge on any atom is -0.355 e. The van der Waals surface area contributed by atoms with E-state index in [1.807, 2.05) is 6.07 Å². The van der Waals surface area contributed by atoms with Crippen molar-refractivity contribution in [1.29, 1.82) is 0 Å². The van der Waals surface area contributed by atoms with Gasteiger partial charge in [0.25, 0.3) is 0 Å². The molecule has 0 amide bonds. The van der Waals surface area contributed by atoms with Crippen LogP contribution in [0.25, 0.3) is 55.6 Å². The van der Waals surface area contributed by atoms with E-state index in [9.17, 15) is 0 Å². The standard InChI is InChI=1S/C48H36N2/c1-5-16-35(17-6-1)41-31-42(36-18-7-2-8-19-36)33-44(32-41)50-47-27-14-13-26-45(47)40-23-15-22-38(30-40)39-28-29-46(37-20-9-3-10-21-37)48(34-39)49-43-24-11-4-12-25-43/h1-34,49-50H. The minimum absolute atomic E-state index is 1.04. The quantitative estimate of drug-likeness (QED) is 0.164. The number of para-hydroxylation sites is 2. The van der Waals surface area contributed by atoms with Crippen molar-refractivity contribution in [3.63, 3.8) is 0 Å². The molecule has 2 heteroatoms. The van der Waals surface area contributed by atoms with Crippen LogP contribution in [0.5, 0.6) is 0 Å². The summed E-state index contributed by atoms with van der Waals surface area (Å²) in [5.41, 5.74) is 15.9. The Morgan fingerprint density at radius 2 is 0.680 bits per heavy atom. The van der Waals surface area contributed by atoms with Crippen molar-refractivity contribution in [3.8, 4) is 55.6 Å². The van der Waals surface area contributed by atoms with Crippen LogP contribution in [-0.4, -0.2) is 0 Å².